The van der Waals surface area contributed by atoms with E-state index in [2.05, 4.69) is 31.9 Å². The molecule has 0 saturated carbocycles. The molecule has 2 aromatic heterocycles. The molecule has 0 aliphatic carbocycles. The van der Waals surface area contributed by atoms with Crippen LogP contribution in [0, 0.1) is 11.3 Å². The molecule has 3 rings (SSSR count). The minimum absolute atomic E-state index is 0.161. The molecule has 0 fully saturated rings. The van der Waals surface area contributed by atoms with Crippen LogP contribution in [0.4, 0.5) is 5.82 Å². The number of rotatable bonds is 6. The van der Waals surface area contributed by atoms with Crippen molar-refractivity contribution in [3.63, 3.8) is 0 Å². The van der Waals surface area contributed by atoms with Crippen LogP contribution in [-0.4, -0.2) is 25.2 Å². The molecule has 3 aromatic rings. The molecule has 132 valence electrons. The summed E-state index contributed by atoms with van der Waals surface area (Å²) in [5, 5.41) is 29.8. The molecule has 0 aliphatic rings. The first kappa shape index (κ1) is 17.5. The van der Waals surface area contributed by atoms with E-state index in [1.807, 2.05) is 57.3 Å². The predicted octanol–water partition coefficient (Wildman–Crippen LogP) is 3.23. The Morgan fingerprint density at radius 2 is 1.88 bits per heavy atom. The van der Waals surface area contributed by atoms with Crippen LogP contribution in [0.3, 0.4) is 0 Å². The fraction of sp³-hybridized carbons (Fsp3) is 0.316. The number of nitriles is 1. The van der Waals surface area contributed by atoms with Crippen molar-refractivity contribution in [3.05, 3.63) is 59.0 Å². The summed E-state index contributed by atoms with van der Waals surface area (Å²) < 4.78 is 1.72. The molecule has 7 nitrogen and oxygen atoms in total. The second-order valence-electron chi connectivity index (χ2n) is 5.96. The van der Waals surface area contributed by atoms with Gasteiger partial charge in [-0.3, -0.25) is 0 Å². The van der Waals surface area contributed by atoms with Crippen molar-refractivity contribution in [1.82, 2.24) is 25.2 Å². The Hall–Kier alpha value is -3.27. The first-order valence-electron chi connectivity index (χ1n) is 8.70. The van der Waals surface area contributed by atoms with E-state index in [-0.39, 0.29) is 6.04 Å². The molecule has 0 aliphatic heterocycles. The molecule has 0 amide bonds. The van der Waals surface area contributed by atoms with Crippen LogP contribution in [0.15, 0.2) is 36.5 Å². The summed E-state index contributed by atoms with van der Waals surface area (Å²) in [6, 6.07) is 11.9. The lowest BCUT2D eigenvalue weighted by Gasteiger charge is -2.15. The van der Waals surface area contributed by atoms with E-state index < -0.39 is 0 Å². The maximum atomic E-state index is 9.60. The average Bonchev–Trinajstić information content (AvgIpc) is 3.18. The van der Waals surface area contributed by atoms with Crippen molar-refractivity contribution in [3.8, 4) is 11.8 Å². The van der Waals surface area contributed by atoms with Gasteiger partial charge in [-0.2, -0.15) is 10.4 Å². The molecule has 1 aromatic carbocycles. The standard InChI is InChI=1S/C19H21N7/c1-4-15-16(11-20)19(24-22-17(15)5-2)21-13(3)18-12-26(25-23-18)14-9-7-6-8-10-14/h6-10,12-13H,4-5H2,1-3H3,(H,21,24). The fourth-order valence-electron chi connectivity index (χ4n) is 2.86. The summed E-state index contributed by atoms with van der Waals surface area (Å²) in [5.41, 5.74) is 4.08. The number of para-hydroxylation sites is 1. The minimum Gasteiger partial charge on any atom is -0.359 e. The number of aryl methyl sites for hydroxylation is 1. The monoisotopic (exact) mass is 347 g/mol. The first-order chi connectivity index (χ1) is 12.7. The van der Waals surface area contributed by atoms with Gasteiger partial charge < -0.3 is 5.32 Å². The van der Waals surface area contributed by atoms with Gasteiger partial charge in [0.2, 0.25) is 0 Å². The van der Waals surface area contributed by atoms with Gasteiger partial charge in [0, 0.05) is 0 Å². The Morgan fingerprint density at radius 1 is 1.12 bits per heavy atom. The SMILES string of the molecule is CCc1nnc(NC(C)c2cn(-c3ccccc3)nn2)c(C#N)c1CC. The van der Waals surface area contributed by atoms with Crippen LogP contribution in [0.5, 0.6) is 0 Å². The number of nitrogens with one attached hydrogen (secondary N) is 1. The summed E-state index contributed by atoms with van der Waals surface area (Å²) in [6.45, 7) is 6.00. The van der Waals surface area contributed by atoms with Gasteiger partial charge in [0.15, 0.2) is 5.82 Å². The fourth-order valence-corrected chi connectivity index (χ4v) is 2.86. The molecule has 2 heterocycles. The summed E-state index contributed by atoms with van der Waals surface area (Å²) in [5.74, 6) is 0.489. The number of aromatic nitrogens is 5. The molecule has 0 spiro atoms. The quantitative estimate of drug-likeness (QED) is 0.736. The van der Waals surface area contributed by atoms with Crippen molar-refractivity contribution < 1.29 is 0 Å². The highest BCUT2D eigenvalue weighted by molar-refractivity contribution is 5.57. The van der Waals surface area contributed by atoms with Crippen LogP contribution in [0.25, 0.3) is 5.69 Å². The van der Waals surface area contributed by atoms with Crippen LogP contribution in [0.1, 0.15) is 49.3 Å². The first-order valence-corrected chi connectivity index (χ1v) is 8.70. The third kappa shape index (κ3) is 3.40. The summed E-state index contributed by atoms with van der Waals surface area (Å²) in [7, 11) is 0. The molecule has 26 heavy (non-hydrogen) atoms. The van der Waals surface area contributed by atoms with Gasteiger partial charge in [-0.1, -0.05) is 37.3 Å². The summed E-state index contributed by atoms with van der Waals surface area (Å²) in [4.78, 5) is 0. The van der Waals surface area contributed by atoms with Crippen molar-refractivity contribution in [1.29, 1.82) is 5.26 Å². The molecule has 1 unspecified atom stereocenters. The van der Waals surface area contributed by atoms with Gasteiger partial charge in [0.25, 0.3) is 0 Å². The maximum absolute atomic E-state index is 9.60. The Morgan fingerprint density at radius 3 is 2.54 bits per heavy atom. The van der Waals surface area contributed by atoms with E-state index in [1.54, 1.807) is 4.68 Å². The number of anilines is 1. The molecular weight excluding hydrogens is 326 g/mol. The highest BCUT2D eigenvalue weighted by atomic mass is 15.4. The highest BCUT2D eigenvalue weighted by Gasteiger charge is 2.18. The number of benzene rings is 1. The van der Waals surface area contributed by atoms with E-state index in [0.717, 1.165) is 35.5 Å². The second-order valence-corrected chi connectivity index (χ2v) is 5.96. The van der Waals surface area contributed by atoms with Gasteiger partial charge in [0.1, 0.15) is 17.3 Å². The second kappa shape index (κ2) is 7.74. The van der Waals surface area contributed by atoms with Crippen molar-refractivity contribution >= 4 is 5.82 Å². The molecule has 0 saturated heterocycles. The van der Waals surface area contributed by atoms with Crippen molar-refractivity contribution in [2.24, 2.45) is 0 Å². The lowest BCUT2D eigenvalue weighted by molar-refractivity contribution is 0.774. The average molecular weight is 347 g/mol. The minimum atomic E-state index is -0.161. The molecule has 1 atom stereocenters. The molecule has 7 heteroatoms. The van der Waals surface area contributed by atoms with Crippen LogP contribution in [0.2, 0.25) is 0 Å². The maximum Gasteiger partial charge on any atom is 0.167 e. The molecular formula is C19H21N7. The topological polar surface area (TPSA) is 92.3 Å². The van der Waals surface area contributed by atoms with Gasteiger partial charge in [0.05, 0.1) is 23.6 Å². The Kier molecular flexibility index (Phi) is 5.23. The number of nitrogens with zero attached hydrogens (tertiary/aromatic N) is 6. The van der Waals surface area contributed by atoms with Crippen LogP contribution in [-0.2, 0) is 12.8 Å². The Balaban J connectivity index is 1.86. The van der Waals surface area contributed by atoms with Gasteiger partial charge >= 0.3 is 0 Å². The van der Waals surface area contributed by atoms with Crippen LogP contribution < -0.4 is 5.32 Å². The third-order valence-corrected chi connectivity index (χ3v) is 4.29. The van der Waals surface area contributed by atoms with Crippen molar-refractivity contribution in [2.45, 2.75) is 39.7 Å². The molecule has 0 radical (unpaired) electrons. The number of hydrogen-bond donors (Lipinski definition) is 1. The van der Waals surface area contributed by atoms with Crippen LogP contribution >= 0.6 is 0 Å². The Bertz CT molecular complexity index is 925. The van der Waals surface area contributed by atoms with Crippen molar-refractivity contribution in [2.75, 3.05) is 5.32 Å². The lowest BCUT2D eigenvalue weighted by atomic mass is 10.0. The zero-order valence-electron chi connectivity index (χ0n) is 15.1. The normalized spacial score (nSPS) is 11.8. The zero-order chi connectivity index (χ0) is 18.5. The summed E-state index contributed by atoms with van der Waals surface area (Å²) >= 11 is 0. The van der Waals surface area contributed by atoms with Gasteiger partial charge in [-0.25, -0.2) is 4.68 Å². The molecule has 0 bridgehead atoms. The largest absolute Gasteiger partial charge is 0.359 e. The van der Waals surface area contributed by atoms with Gasteiger partial charge in [-0.05, 0) is 37.5 Å². The predicted molar refractivity (Wildman–Crippen MR) is 98.9 cm³/mol. The van der Waals surface area contributed by atoms with E-state index in [9.17, 15) is 5.26 Å². The van der Waals surface area contributed by atoms with E-state index in [0.29, 0.717) is 11.4 Å². The summed E-state index contributed by atoms with van der Waals surface area (Å²) in [6.07, 6.45) is 3.37. The number of hydrogen-bond acceptors (Lipinski definition) is 6. The van der Waals surface area contributed by atoms with E-state index >= 15 is 0 Å². The Labute approximate surface area is 152 Å². The molecule has 1 N–H and O–H groups in total. The smallest absolute Gasteiger partial charge is 0.167 e. The van der Waals surface area contributed by atoms with Gasteiger partial charge in [-0.15, -0.1) is 10.2 Å². The lowest BCUT2D eigenvalue weighted by Crippen LogP contribution is -2.13. The van der Waals surface area contributed by atoms with E-state index in [1.165, 1.54) is 0 Å². The highest BCUT2D eigenvalue weighted by Crippen LogP contribution is 2.23. The van der Waals surface area contributed by atoms with E-state index in [4.69, 9.17) is 0 Å². The zero-order valence-corrected chi connectivity index (χ0v) is 15.1. The third-order valence-electron chi connectivity index (χ3n) is 4.29.